The molecule has 202 valence electrons. The van der Waals surface area contributed by atoms with Gasteiger partial charge in [-0.25, -0.2) is 8.42 Å². The normalized spacial score (nSPS) is 22.9. The zero-order chi connectivity index (χ0) is 27.6. The zero-order valence-corrected chi connectivity index (χ0v) is 24.5. The molecule has 2 aromatic carbocycles. The molecule has 0 radical (unpaired) electrons. The smallest absolute Gasteiger partial charge is 0.258 e. The first kappa shape index (κ1) is 29.2. The number of β-lactam (4-membered cyclic amide) rings is 1. The van der Waals surface area contributed by atoms with E-state index in [1.54, 1.807) is 63.2 Å². The van der Waals surface area contributed by atoms with Crippen LogP contribution in [0.4, 0.5) is 0 Å². The fraction of sp³-hybridized carbons (Fsp3) is 0.462. The van der Waals surface area contributed by atoms with Crippen molar-refractivity contribution >= 4 is 42.0 Å². The third-order valence-corrected chi connectivity index (χ3v) is 12.3. The number of para-hydroxylation sites is 1. The Bertz CT molecular complexity index is 1220. The Morgan fingerprint density at radius 2 is 1.65 bits per heavy atom. The van der Waals surface area contributed by atoms with Crippen molar-refractivity contribution < 1.29 is 27.9 Å². The minimum absolute atomic E-state index is 0.00710. The summed E-state index contributed by atoms with van der Waals surface area (Å²) >= 11 is 5.99. The van der Waals surface area contributed by atoms with E-state index in [0.29, 0.717) is 5.75 Å². The second-order valence-electron chi connectivity index (χ2n) is 10.5. The number of amides is 2. The van der Waals surface area contributed by atoms with Crippen LogP contribution < -0.4 is 10.1 Å². The Balaban J connectivity index is 2.20. The molecule has 1 saturated heterocycles. The van der Waals surface area contributed by atoms with Crippen LogP contribution in [0.15, 0.2) is 65.6 Å². The Morgan fingerprint density at radius 3 is 2.14 bits per heavy atom. The summed E-state index contributed by atoms with van der Waals surface area (Å²) in [5.74, 6) is -0.889. The highest BCUT2D eigenvalue weighted by Crippen LogP contribution is 2.55. The van der Waals surface area contributed by atoms with Crippen LogP contribution in [0.3, 0.4) is 0 Å². The molecule has 8 nitrogen and oxygen atoms in total. The molecule has 1 aliphatic heterocycles. The highest BCUT2D eigenvalue weighted by Gasteiger charge is 2.80. The van der Waals surface area contributed by atoms with Gasteiger partial charge in [0.2, 0.25) is 15.7 Å². The number of rotatable bonds is 10. The number of ether oxygens (including phenoxy) is 1. The Labute approximate surface area is 225 Å². The molecule has 0 bridgehead atoms. The third-order valence-electron chi connectivity index (χ3n) is 6.69. The first-order chi connectivity index (χ1) is 17.3. The van der Waals surface area contributed by atoms with Gasteiger partial charge in [-0.05, 0) is 45.0 Å². The fourth-order valence-corrected chi connectivity index (χ4v) is 11.2. The van der Waals surface area contributed by atoms with E-state index in [-0.39, 0.29) is 17.2 Å². The minimum Gasteiger partial charge on any atom is -0.484 e. The summed E-state index contributed by atoms with van der Waals surface area (Å²) in [6.07, 6.45) is -1.61. The van der Waals surface area contributed by atoms with Gasteiger partial charge in [-0.2, -0.15) is 0 Å². The SMILES string of the molecule is C[SiH](C)[C@@]1(NC(=O)COc2ccccc2)C(=O)N(C(C)(C)C)[C@@]1(CC(O)CCl)S(=O)(=O)c1ccccc1. The molecule has 37 heavy (non-hydrogen) atoms. The number of hydrogen-bond acceptors (Lipinski definition) is 6. The second-order valence-corrected chi connectivity index (χ2v) is 16.2. The molecule has 0 aliphatic carbocycles. The third kappa shape index (κ3) is 4.92. The van der Waals surface area contributed by atoms with E-state index in [1.165, 1.54) is 17.0 Å². The van der Waals surface area contributed by atoms with Crippen molar-refractivity contribution in [1.82, 2.24) is 10.2 Å². The molecule has 2 amide bonds. The summed E-state index contributed by atoms with van der Waals surface area (Å²) in [5, 5.41) is 11.9. The summed E-state index contributed by atoms with van der Waals surface area (Å²) in [6, 6.07) is 16.5. The molecule has 2 aromatic rings. The van der Waals surface area contributed by atoms with Gasteiger partial charge < -0.3 is 20.1 Å². The number of carbonyl (C=O) groups excluding carboxylic acids is 2. The molecule has 1 heterocycles. The van der Waals surface area contributed by atoms with Gasteiger partial charge in [-0.15, -0.1) is 11.6 Å². The maximum absolute atomic E-state index is 14.6. The predicted octanol–water partition coefficient (Wildman–Crippen LogP) is 2.75. The lowest BCUT2D eigenvalue weighted by Crippen LogP contribution is -2.95. The van der Waals surface area contributed by atoms with Crippen LogP contribution in [0, 0.1) is 0 Å². The van der Waals surface area contributed by atoms with Gasteiger partial charge in [0.15, 0.2) is 11.5 Å². The van der Waals surface area contributed by atoms with Crippen LogP contribution in [0.1, 0.15) is 27.2 Å². The maximum atomic E-state index is 14.6. The molecule has 3 rings (SSSR count). The Kier molecular flexibility index (Phi) is 8.48. The first-order valence-corrected chi connectivity index (χ1v) is 17.0. The van der Waals surface area contributed by atoms with Crippen LogP contribution in [0.25, 0.3) is 0 Å². The van der Waals surface area contributed by atoms with Crippen LogP contribution in [0.5, 0.6) is 5.75 Å². The van der Waals surface area contributed by atoms with Crippen molar-refractivity contribution in [2.75, 3.05) is 12.5 Å². The number of halogens is 1. The van der Waals surface area contributed by atoms with Gasteiger partial charge in [-0.1, -0.05) is 49.5 Å². The van der Waals surface area contributed by atoms with Crippen LogP contribution >= 0.6 is 11.6 Å². The standard InChI is InChI=1S/C26H35ClN2O6SSi/c1-24(2,3)29-23(32)26(37(4)5,28-22(31)18-35-20-12-8-6-9-13-20)25(29,16-19(30)17-27)36(33,34)21-14-10-7-11-15-21/h6-15,19,30,37H,16-18H2,1-5H3,(H,28,31)/t19?,25-,26-/m0/s1. The summed E-state index contributed by atoms with van der Waals surface area (Å²) in [7, 11) is -6.70. The van der Waals surface area contributed by atoms with Gasteiger partial charge in [0.1, 0.15) is 10.9 Å². The van der Waals surface area contributed by atoms with Crippen molar-refractivity contribution in [3.05, 3.63) is 60.7 Å². The number of aliphatic hydroxyl groups excluding tert-OH is 1. The lowest BCUT2D eigenvalue weighted by atomic mass is 9.82. The van der Waals surface area contributed by atoms with Crippen molar-refractivity contribution in [3.8, 4) is 5.75 Å². The number of sulfone groups is 1. The van der Waals surface area contributed by atoms with Crippen LogP contribution in [0.2, 0.25) is 13.1 Å². The number of hydrogen-bond donors (Lipinski definition) is 2. The second kappa shape index (κ2) is 10.8. The molecule has 11 heteroatoms. The summed E-state index contributed by atoms with van der Waals surface area (Å²) in [4.78, 5) is 26.7. The number of nitrogens with zero attached hydrogens (tertiary/aromatic N) is 1. The highest BCUT2D eigenvalue weighted by atomic mass is 35.5. The van der Waals surface area contributed by atoms with Gasteiger partial charge in [-0.3, -0.25) is 9.59 Å². The van der Waals surface area contributed by atoms with E-state index in [1.807, 2.05) is 19.2 Å². The molecule has 3 atom stereocenters. The fourth-order valence-electron chi connectivity index (χ4n) is 5.26. The first-order valence-electron chi connectivity index (χ1n) is 12.1. The molecule has 0 saturated carbocycles. The average molecular weight is 567 g/mol. The molecular weight excluding hydrogens is 532 g/mol. The lowest BCUT2D eigenvalue weighted by molar-refractivity contribution is -0.176. The molecule has 0 aromatic heterocycles. The zero-order valence-electron chi connectivity index (χ0n) is 21.8. The molecule has 1 fully saturated rings. The largest absolute Gasteiger partial charge is 0.484 e. The van der Waals surface area contributed by atoms with Crippen LogP contribution in [-0.4, -0.2) is 73.2 Å². The van der Waals surface area contributed by atoms with E-state index in [9.17, 15) is 23.1 Å². The molecule has 1 aliphatic rings. The summed E-state index contributed by atoms with van der Waals surface area (Å²) < 4.78 is 34.7. The van der Waals surface area contributed by atoms with E-state index in [2.05, 4.69) is 5.32 Å². The van der Waals surface area contributed by atoms with Crippen molar-refractivity contribution in [2.24, 2.45) is 0 Å². The minimum atomic E-state index is -4.33. The van der Waals surface area contributed by atoms with Crippen molar-refractivity contribution in [2.45, 2.75) is 66.9 Å². The summed E-state index contributed by atoms with van der Waals surface area (Å²) in [6.45, 7) is 8.44. The molecule has 2 N–H and O–H groups in total. The van der Waals surface area contributed by atoms with Crippen LogP contribution in [-0.2, 0) is 19.4 Å². The van der Waals surface area contributed by atoms with Crippen molar-refractivity contribution in [3.63, 3.8) is 0 Å². The number of benzene rings is 2. The monoisotopic (exact) mass is 566 g/mol. The van der Waals surface area contributed by atoms with Gasteiger partial charge in [0, 0.05) is 17.8 Å². The number of nitrogens with one attached hydrogen (secondary N) is 1. The maximum Gasteiger partial charge on any atom is 0.258 e. The van der Waals surface area contributed by atoms with Crippen molar-refractivity contribution in [1.29, 1.82) is 0 Å². The molecular formula is C26H35ClN2O6SSi. The molecule has 1 unspecified atom stereocenters. The number of carbonyl (C=O) groups is 2. The topological polar surface area (TPSA) is 113 Å². The number of likely N-dealkylation sites (tertiary alicyclic amines) is 1. The Morgan fingerprint density at radius 1 is 1.11 bits per heavy atom. The quantitative estimate of drug-likeness (QED) is 0.260. The van der Waals surface area contributed by atoms with E-state index in [4.69, 9.17) is 16.3 Å². The predicted molar refractivity (Wildman–Crippen MR) is 146 cm³/mol. The summed E-state index contributed by atoms with van der Waals surface area (Å²) in [5.41, 5.74) is -0.941. The van der Waals surface area contributed by atoms with E-state index < -0.39 is 58.7 Å². The van der Waals surface area contributed by atoms with Gasteiger partial charge in [0.05, 0.1) is 19.8 Å². The van der Waals surface area contributed by atoms with Gasteiger partial charge >= 0.3 is 0 Å². The van der Waals surface area contributed by atoms with E-state index >= 15 is 0 Å². The van der Waals surface area contributed by atoms with E-state index in [0.717, 1.165) is 0 Å². The average Bonchev–Trinajstić information content (AvgIpc) is 2.85. The Hall–Kier alpha value is -2.40. The molecule has 0 spiro atoms. The van der Waals surface area contributed by atoms with Gasteiger partial charge in [0.25, 0.3) is 5.91 Å². The number of aliphatic hydroxyl groups is 1. The number of alkyl halides is 1. The highest BCUT2D eigenvalue weighted by molar-refractivity contribution is 7.93. The lowest BCUT2D eigenvalue weighted by Gasteiger charge is -2.69.